The Morgan fingerprint density at radius 3 is 3.05 bits per heavy atom. The van der Waals surface area contributed by atoms with Crippen molar-refractivity contribution in [2.45, 2.75) is 6.92 Å². The lowest BCUT2D eigenvalue weighted by molar-refractivity contribution is 0.102. The quantitative estimate of drug-likeness (QED) is 0.789. The molecule has 0 saturated carbocycles. The monoisotopic (exact) mass is 273 g/mol. The van der Waals surface area contributed by atoms with Crippen LogP contribution in [0, 0.1) is 18.8 Å². The molecular formula is C12H11N5OS. The molecule has 2 aromatic rings. The lowest BCUT2D eigenvalue weighted by atomic mass is 10.0. The molecule has 7 heteroatoms. The van der Waals surface area contributed by atoms with E-state index in [1.165, 1.54) is 0 Å². The molecule has 0 spiro atoms. The Morgan fingerprint density at radius 2 is 2.37 bits per heavy atom. The molecular weight excluding hydrogens is 262 g/mol. The molecule has 1 aromatic carbocycles. The average molecular weight is 273 g/mol. The first-order chi connectivity index (χ1) is 9.20. The second-order valence-corrected chi connectivity index (χ2v) is 4.39. The van der Waals surface area contributed by atoms with Crippen molar-refractivity contribution in [2.75, 3.05) is 11.9 Å². The van der Waals surface area contributed by atoms with Crippen LogP contribution in [0.2, 0.25) is 0 Å². The van der Waals surface area contributed by atoms with E-state index in [0.29, 0.717) is 10.7 Å². The van der Waals surface area contributed by atoms with Gasteiger partial charge in [-0.3, -0.25) is 10.1 Å². The molecule has 0 aliphatic rings. The van der Waals surface area contributed by atoms with Gasteiger partial charge < -0.3 is 5.73 Å². The van der Waals surface area contributed by atoms with Crippen LogP contribution in [0.5, 0.6) is 0 Å². The normalized spacial score (nSPS) is 9.58. The number of aromatic nitrogens is 3. The highest BCUT2D eigenvalue weighted by atomic mass is 32.1. The first kappa shape index (κ1) is 13.1. The Bertz CT molecular complexity index is 642. The van der Waals surface area contributed by atoms with E-state index in [1.54, 1.807) is 6.07 Å². The summed E-state index contributed by atoms with van der Waals surface area (Å²) in [5.74, 6) is 5.39. The highest BCUT2D eigenvalue weighted by Gasteiger charge is 2.11. The fourth-order valence-electron chi connectivity index (χ4n) is 1.44. The molecule has 0 aliphatic heterocycles. The molecule has 0 aliphatic carbocycles. The highest BCUT2D eigenvalue weighted by molar-refractivity contribution is 7.09. The van der Waals surface area contributed by atoms with E-state index in [0.717, 1.165) is 22.7 Å². The van der Waals surface area contributed by atoms with Gasteiger partial charge in [-0.1, -0.05) is 27.5 Å². The van der Waals surface area contributed by atoms with Crippen LogP contribution >= 0.6 is 11.5 Å². The van der Waals surface area contributed by atoms with Crippen LogP contribution < -0.4 is 11.1 Å². The largest absolute Gasteiger partial charge is 0.320 e. The van der Waals surface area contributed by atoms with Crippen molar-refractivity contribution >= 4 is 22.6 Å². The summed E-state index contributed by atoms with van der Waals surface area (Å²) in [7, 11) is 0. The number of anilines is 1. The second-order valence-electron chi connectivity index (χ2n) is 3.66. The molecule has 0 atom stereocenters. The fraction of sp³-hybridized carbons (Fsp3) is 0.167. The maximum absolute atomic E-state index is 12.1. The van der Waals surface area contributed by atoms with Gasteiger partial charge in [0.1, 0.15) is 0 Å². The molecule has 1 aromatic heterocycles. The van der Waals surface area contributed by atoms with Crippen LogP contribution in [0.15, 0.2) is 18.2 Å². The van der Waals surface area contributed by atoms with Crippen molar-refractivity contribution in [3.63, 3.8) is 0 Å². The van der Waals surface area contributed by atoms with Gasteiger partial charge in [0, 0.05) is 22.7 Å². The maximum Gasteiger partial charge on any atom is 0.257 e. The number of benzene rings is 1. The molecule has 19 heavy (non-hydrogen) atoms. The third kappa shape index (κ3) is 3.34. The summed E-state index contributed by atoms with van der Waals surface area (Å²) >= 11 is 1.02. The van der Waals surface area contributed by atoms with Gasteiger partial charge in [0.25, 0.3) is 5.91 Å². The summed E-state index contributed by atoms with van der Waals surface area (Å²) in [6, 6.07) is 5.41. The topological polar surface area (TPSA) is 93.8 Å². The molecule has 3 N–H and O–H groups in total. The lowest BCUT2D eigenvalue weighted by Gasteiger charge is -2.05. The number of hydrogen-bond donors (Lipinski definition) is 2. The number of carbonyl (C=O) groups is 1. The predicted octanol–water partition coefficient (Wildman–Crippen LogP) is 0.804. The molecule has 0 bridgehead atoms. The van der Waals surface area contributed by atoms with Crippen LogP contribution in [0.4, 0.5) is 5.13 Å². The van der Waals surface area contributed by atoms with Crippen molar-refractivity contribution in [3.05, 3.63) is 34.9 Å². The molecule has 0 unspecified atom stereocenters. The van der Waals surface area contributed by atoms with Crippen LogP contribution in [0.3, 0.4) is 0 Å². The summed E-state index contributed by atoms with van der Waals surface area (Å²) in [5, 5.41) is 10.1. The van der Waals surface area contributed by atoms with E-state index < -0.39 is 0 Å². The van der Waals surface area contributed by atoms with E-state index in [2.05, 4.69) is 32.0 Å². The number of nitrogens with two attached hydrogens (primary N) is 1. The van der Waals surface area contributed by atoms with Crippen LogP contribution in [-0.2, 0) is 0 Å². The Balaban J connectivity index is 2.25. The van der Waals surface area contributed by atoms with Crippen LogP contribution in [0.25, 0.3) is 0 Å². The van der Waals surface area contributed by atoms with Crippen molar-refractivity contribution < 1.29 is 4.79 Å². The van der Waals surface area contributed by atoms with Crippen LogP contribution in [0.1, 0.15) is 21.5 Å². The molecule has 0 saturated heterocycles. The van der Waals surface area contributed by atoms with Gasteiger partial charge in [-0.05, 0) is 29.8 Å². The molecule has 1 amide bonds. The number of hydrogen-bond acceptors (Lipinski definition) is 6. The Kier molecular flexibility index (Phi) is 4.18. The first-order valence-electron chi connectivity index (χ1n) is 5.46. The summed E-state index contributed by atoms with van der Waals surface area (Å²) in [4.78, 5) is 12.1. The standard InChI is InChI=1S/C12H11N5OS/c1-8-4-5-9(3-2-6-13)7-10(8)11(18)14-12-15-16-17-19-12/h4-5,7H,6,13H2,1H3,(H,14,15,17,18). The number of nitrogens with zero attached hydrogens (tertiary/aromatic N) is 3. The van der Waals surface area contributed by atoms with Crippen LogP contribution in [-0.4, -0.2) is 27.3 Å². The zero-order chi connectivity index (χ0) is 13.7. The number of aryl methyl sites for hydroxylation is 1. The van der Waals surface area contributed by atoms with Crippen molar-refractivity contribution in [1.29, 1.82) is 0 Å². The van der Waals surface area contributed by atoms with E-state index in [4.69, 9.17) is 5.73 Å². The minimum absolute atomic E-state index is 0.257. The fourth-order valence-corrected chi connectivity index (χ4v) is 1.81. The zero-order valence-electron chi connectivity index (χ0n) is 10.2. The molecule has 1 heterocycles. The van der Waals surface area contributed by atoms with Crippen molar-refractivity contribution in [1.82, 2.24) is 14.8 Å². The van der Waals surface area contributed by atoms with Gasteiger partial charge in [0.2, 0.25) is 5.13 Å². The van der Waals surface area contributed by atoms with E-state index in [-0.39, 0.29) is 12.5 Å². The first-order valence-corrected chi connectivity index (χ1v) is 6.24. The third-order valence-electron chi connectivity index (χ3n) is 2.34. The van der Waals surface area contributed by atoms with Gasteiger partial charge >= 0.3 is 0 Å². The van der Waals surface area contributed by atoms with Gasteiger partial charge in [-0.2, -0.15) is 0 Å². The third-order valence-corrected chi connectivity index (χ3v) is 2.85. The predicted molar refractivity (Wildman–Crippen MR) is 72.8 cm³/mol. The summed E-state index contributed by atoms with van der Waals surface area (Å²) in [6.07, 6.45) is 0. The molecule has 2 rings (SSSR count). The summed E-state index contributed by atoms with van der Waals surface area (Å²) in [5.41, 5.74) is 7.46. The molecule has 6 nitrogen and oxygen atoms in total. The Hall–Kier alpha value is -2.30. The number of rotatable bonds is 2. The average Bonchev–Trinajstić information content (AvgIpc) is 2.90. The van der Waals surface area contributed by atoms with Gasteiger partial charge in [0.05, 0.1) is 6.54 Å². The minimum Gasteiger partial charge on any atom is -0.320 e. The lowest BCUT2D eigenvalue weighted by Crippen LogP contribution is -2.13. The molecule has 0 radical (unpaired) electrons. The maximum atomic E-state index is 12.1. The summed E-state index contributed by atoms with van der Waals surface area (Å²) < 4.78 is 3.58. The molecule has 96 valence electrons. The van der Waals surface area contributed by atoms with Gasteiger partial charge in [0.15, 0.2) is 0 Å². The number of carbonyl (C=O) groups excluding carboxylic acids is 1. The second kappa shape index (κ2) is 6.04. The van der Waals surface area contributed by atoms with Gasteiger partial charge in [-0.15, -0.1) is 0 Å². The smallest absolute Gasteiger partial charge is 0.257 e. The highest BCUT2D eigenvalue weighted by Crippen LogP contribution is 2.14. The zero-order valence-corrected chi connectivity index (χ0v) is 11.0. The Labute approximate surface area is 114 Å². The summed E-state index contributed by atoms with van der Waals surface area (Å²) in [6.45, 7) is 2.14. The van der Waals surface area contributed by atoms with E-state index in [9.17, 15) is 4.79 Å². The van der Waals surface area contributed by atoms with Crippen molar-refractivity contribution in [3.8, 4) is 11.8 Å². The Morgan fingerprint density at radius 1 is 1.53 bits per heavy atom. The number of amides is 1. The number of nitrogens with one attached hydrogen (secondary N) is 1. The van der Waals surface area contributed by atoms with E-state index in [1.807, 2.05) is 19.1 Å². The van der Waals surface area contributed by atoms with Gasteiger partial charge in [-0.25, -0.2) is 0 Å². The van der Waals surface area contributed by atoms with E-state index >= 15 is 0 Å². The minimum atomic E-state index is -0.257. The SMILES string of the molecule is Cc1ccc(C#CCN)cc1C(=O)Nc1nnns1. The molecule has 0 fully saturated rings. The van der Waals surface area contributed by atoms with Crippen molar-refractivity contribution in [2.24, 2.45) is 5.73 Å².